The zero-order valence-electron chi connectivity index (χ0n) is 14.0. The van der Waals surface area contributed by atoms with Crippen molar-refractivity contribution in [3.63, 3.8) is 0 Å². The first-order chi connectivity index (χ1) is 11.2. The van der Waals surface area contributed by atoms with Crippen LogP contribution in [-0.2, 0) is 24.3 Å². The molecular formula is C16H22N2O5S. The quantitative estimate of drug-likeness (QED) is 0.784. The fourth-order valence-electron chi connectivity index (χ4n) is 2.16. The number of anilines is 1. The Labute approximate surface area is 142 Å². The highest BCUT2D eigenvalue weighted by molar-refractivity contribution is 7.89. The zero-order valence-corrected chi connectivity index (χ0v) is 14.8. The van der Waals surface area contributed by atoms with E-state index in [0.29, 0.717) is 5.69 Å². The molecule has 7 nitrogen and oxygen atoms in total. The molecule has 1 unspecified atom stereocenters. The van der Waals surface area contributed by atoms with Gasteiger partial charge in [0.15, 0.2) is 6.10 Å². The molecule has 0 bridgehead atoms. The monoisotopic (exact) mass is 354 g/mol. The van der Waals surface area contributed by atoms with Crippen molar-refractivity contribution in [2.45, 2.75) is 37.2 Å². The fourth-order valence-corrected chi connectivity index (χ4v) is 3.11. The molecule has 2 rings (SSSR count). The third kappa shape index (κ3) is 4.12. The number of hydrogen-bond donors (Lipinski definition) is 1. The molecule has 8 heteroatoms. The molecule has 0 saturated heterocycles. The summed E-state index contributed by atoms with van der Waals surface area (Å²) in [5, 5.41) is 2.57. The van der Waals surface area contributed by atoms with Crippen LogP contribution in [0.15, 0.2) is 29.2 Å². The van der Waals surface area contributed by atoms with Crippen LogP contribution in [0.3, 0.4) is 0 Å². The number of nitrogens with zero attached hydrogens (tertiary/aromatic N) is 1. The van der Waals surface area contributed by atoms with Crippen LogP contribution in [0.2, 0.25) is 0 Å². The molecule has 1 fully saturated rings. The average Bonchev–Trinajstić information content (AvgIpc) is 2.45. The van der Waals surface area contributed by atoms with Gasteiger partial charge in [-0.2, -0.15) is 0 Å². The summed E-state index contributed by atoms with van der Waals surface area (Å²) in [4.78, 5) is 24.0. The molecule has 1 amide bonds. The second kappa shape index (κ2) is 7.31. The Balaban J connectivity index is 2.02. The van der Waals surface area contributed by atoms with Crippen molar-refractivity contribution in [2.24, 2.45) is 5.92 Å². The van der Waals surface area contributed by atoms with Gasteiger partial charge in [0.1, 0.15) is 0 Å². The minimum Gasteiger partial charge on any atom is -0.452 e. The fraction of sp³-hybridized carbons (Fsp3) is 0.500. The summed E-state index contributed by atoms with van der Waals surface area (Å²) in [5.74, 6) is -0.955. The molecular weight excluding hydrogens is 332 g/mol. The minimum atomic E-state index is -3.58. The second-order valence-corrected chi connectivity index (χ2v) is 8.16. The van der Waals surface area contributed by atoms with E-state index in [4.69, 9.17) is 4.74 Å². The molecule has 1 aliphatic carbocycles. The Kier molecular flexibility index (Phi) is 5.61. The van der Waals surface area contributed by atoms with Crippen molar-refractivity contribution in [3.8, 4) is 0 Å². The summed E-state index contributed by atoms with van der Waals surface area (Å²) in [5.41, 5.74) is 0.328. The van der Waals surface area contributed by atoms with Gasteiger partial charge in [0, 0.05) is 19.8 Å². The lowest BCUT2D eigenvalue weighted by atomic mass is 9.86. The van der Waals surface area contributed by atoms with E-state index in [0.717, 1.165) is 23.6 Å². The lowest BCUT2D eigenvalue weighted by Crippen LogP contribution is -2.34. The van der Waals surface area contributed by atoms with Crippen LogP contribution in [0.4, 0.5) is 5.69 Å². The number of rotatable bonds is 6. The number of nitrogens with one attached hydrogen (secondary N) is 1. The van der Waals surface area contributed by atoms with Gasteiger partial charge in [-0.15, -0.1) is 0 Å². The van der Waals surface area contributed by atoms with Crippen LogP contribution in [0.1, 0.15) is 26.2 Å². The van der Waals surface area contributed by atoms with Crippen molar-refractivity contribution < 1.29 is 22.7 Å². The first-order valence-electron chi connectivity index (χ1n) is 7.76. The third-order valence-electron chi connectivity index (χ3n) is 3.98. The van der Waals surface area contributed by atoms with Gasteiger partial charge in [-0.1, -0.05) is 12.5 Å². The molecule has 0 spiro atoms. The maximum atomic E-state index is 12.1. The summed E-state index contributed by atoms with van der Waals surface area (Å²) in [6.45, 7) is 1.49. The van der Waals surface area contributed by atoms with Gasteiger partial charge >= 0.3 is 5.97 Å². The number of sulfonamides is 1. The highest BCUT2D eigenvalue weighted by Crippen LogP contribution is 2.28. The molecule has 24 heavy (non-hydrogen) atoms. The Morgan fingerprint density at radius 1 is 1.29 bits per heavy atom. The number of ether oxygens (including phenoxy) is 1. The zero-order chi connectivity index (χ0) is 17.9. The summed E-state index contributed by atoms with van der Waals surface area (Å²) in [7, 11) is -0.719. The summed E-state index contributed by atoms with van der Waals surface area (Å²) < 4.78 is 30.5. The second-order valence-electron chi connectivity index (χ2n) is 6.01. The van der Waals surface area contributed by atoms with Gasteiger partial charge in [-0.05, 0) is 38.0 Å². The van der Waals surface area contributed by atoms with E-state index in [9.17, 15) is 18.0 Å². The van der Waals surface area contributed by atoms with Gasteiger partial charge < -0.3 is 10.1 Å². The van der Waals surface area contributed by atoms with Crippen LogP contribution in [0.5, 0.6) is 0 Å². The van der Waals surface area contributed by atoms with Crippen LogP contribution < -0.4 is 5.32 Å². The molecule has 132 valence electrons. The van der Waals surface area contributed by atoms with Gasteiger partial charge in [-0.3, -0.25) is 9.59 Å². The van der Waals surface area contributed by atoms with Crippen molar-refractivity contribution in [3.05, 3.63) is 24.3 Å². The van der Waals surface area contributed by atoms with Crippen molar-refractivity contribution in [1.82, 2.24) is 4.31 Å². The Bertz CT molecular complexity index is 726. The van der Waals surface area contributed by atoms with Crippen molar-refractivity contribution in [2.75, 3.05) is 19.4 Å². The summed E-state index contributed by atoms with van der Waals surface area (Å²) >= 11 is 0. The SMILES string of the molecule is CC(OC(=O)C1CCC1)C(=O)Nc1cccc(S(=O)(=O)N(C)C)c1. The van der Waals surface area contributed by atoms with E-state index in [1.54, 1.807) is 6.07 Å². The van der Waals surface area contributed by atoms with Gasteiger partial charge in [0.25, 0.3) is 5.91 Å². The highest BCUT2D eigenvalue weighted by atomic mass is 32.2. The van der Waals surface area contributed by atoms with Gasteiger partial charge in [-0.25, -0.2) is 12.7 Å². The number of hydrogen-bond acceptors (Lipinski definition) is 5. The molecule has 0 heterocycles. The normalized spacial score (nSPS) is 16.3. The third-order valence-corrected chi connectivity index (χ3v) is 5.79. The van der Waals surface area contributed by atoms with Crippen LogP contribution in [0.25, 0.3) is 0 Å². The number of esters is 1. The van der Waals surface area contributed by atoms with E-state index < -0.39 is 22.0 Å². The van der Waals surface area contributed by atoms with E-state index in [2.05, 4.69) is 5.32 Å². The molecule has 0 aliphatic heterocycles. The number of carbonyl (C=O) groups is 2. The van der Waals surface area contributed by atoms with Gasteiger partial charge in [0.2, 0.25) is 10.0 Å². The Morgan fingerprint density at radius 2 is 1.96 bits per heavy atom. The highest BCUT2D eigenvalue weighted by Gasteiger charge is 2.29. The predicted octanol–water partition coefficient (Wildman–Crippen LogP) is 1.61. The molecule has 0 radical (unpaired) electrons. The van der Waals surface area contributed by atoms with Crippen LogP contribution in [-0.4, -0.2) is 44.8 Å². The molecule has 1 aromatic carbocycles. The van der Waals surface area contributed by atoms with Crippen molar-refractivity contribution in [1.29, 1.82) is 0 Å². The molecule has 1 atom stereocenters. The lowest BCUT2D eigenvalue weighted by Gasteiger charge is -2.24. The Morgan fingerprint density at radius 3 is 2.50 bits per heavy atom. The molecule has 0 aromatic heterocycles. The summed E-state index contributed by atoms with van der Waals surface area (Å²) in [6.07, 6.45) is 1.68. The molecule has 1 aromatic rings. The molecule has 1 N–H and O–H groups in total. The average molecular weight is 354 g/mol. The first kappa shape index (κ1) is 18.4. The van der Waals surface area contributed by atoms with E-state index in [1.165, 1.54) is 39.2 Å². The van der Waals surface area contributed by atoms with Crippen molar-refractivity contribution >= 4 is 27.6 Å². The number of amides is 1. The van der Waals surface area contributed by atoms with E-state index in [1.807, 2.05) is 0 Å². The minimum absolute atomic E-state index is 0.0735. The molecule has 1 aliphatic rings. The standard InChI is InChI=1S/C16H22N2O5S/c1-11(23-16(20)12-6-4-7-12)15(19)17-13-8-5-9-14(10-13)24(21,22)18(2)3/h5,8-12H,4,6-7H2,1-3H3,(H,17,19). The molecule has 1 saturated carbocycles. The lowest BCUT2D eigenvalue weighted by molar-refractivity contribution is -0.159. The maximum absolute atomic E-state index is 12.1. The maximum Gasteiger partial charge on any atom is 0.309 e. The topological polar surface area (TPSA) is 92.8 Å². The first-order valence-corrected chi connectivity index (χ1v) is 9.20. The van der Waals surface area contributed by atoms with Crippen LogP contribution in [0, 0.1) is 5.92 Å². The number of benzene rings is 1. The smallest absolute Gasteiger partial charge is 0.309 e. The predicted molar refractivity (Wildman–Crippen MR) is 88.8 cm³/mol. The van der Waals surface area contributed by atoms with Crippen LogP contribution >= 0.6 is 0 Å². The van der Waals surface area contributed by atoms with E-state index in [-0.39, 0.29) is 16.8 Å². The van der Waals surface area contributed by atoms with Gasteiger partial charge in [0.05, 0.1) is 10.8 Å². The van der Waals surface area contributed by atoms with E-state index >= 15 is 0 Å². The Hall–Kier alpha value is -1.93. The summed E-state index contributed by atoms with van der Waals surface area (Å²) in [6, 6.07) is 5.93. The number of carbonyl (C=O) groups excluding carboxylic acids is 2. The largest absolute Gasteiger partial charge is 0.452 e.